The Labute approximate surface area is 95.6 Å². The first-order valence-electron chi connectivity index (χ1n) is 5.15. The Morgan fingerprint density at radius 3 is 2.07 bits per heavy atom. The number of thiophene rings is 1. The minimum atomic E-state index is -1.12. The Kier molecular flexibility index (Phi) is 3.62. The molecule has 0 fully saturated rings. The maximum Gasteiger partial charge on any atom is 0.0836 e. The van der Waals surface area contributed by atoms with Crippen LogP contribution >= 0.6 is 11.3 Å². The van der Waals surface area contributed by atoms with E-state index in [0.29, 0.717) is 0 Å². The second kappa shape index (κ2) is 4.08. The van der Waals surface area contributed by atoms with Crippen LogP contribution in [0.1, 0.15) is 0 Å². The van der Waals surface area contributed by atoms with Gasteiger partial charge in [0.1, 0.15) is 0 Å². The van der Waals surface area contributed by atoms with Gasteiger partial charge >= 0.3 is 0 Å². The van der Waals surface area contributed by atoms with Gasteiger partial charge in [0, 0.05) is 15.4 Å². The first-order chi connectivity index (χ1) is 6.30. The van der Waals surface area contributed by atoms with Crippen LogP contribution in [0.25, 0.3) is 0 Å². The van der Waals surface area contributed by atoms with Gasteiger partial charge in [0.25, 0.3) is 0 Å². The molecule has 0 saturated carbocycles. The monoisotopic (exact) mass is 257 g/mol. The van der Waals surface area contributed by atoms with E-state index in [4.69, 9.17) is 0 Å². The third-order valence-corrected chi connectivity index (χ3v) is 41.9. The van der Waals surface area contributed by atoms with Gasteiger partial charge in [0.05, 0.1) is 7.59 Å². The van der Waals surface area contributed by atoms with Gasteiger partial charge in [-0.3, -0.25) is 0 Å². The van der Waals surface area contributed by atoms with Gasteiger partial charge in [-0.1, -0.05) is 51.4 Å². The van der Waals surface area contributed by atoms with Gasteiger partial charge in [-0.2, -0.15) is 11.3 Å². The van der Waals surface area contributed by atoms with Crippen molar-refractivity contribution in [1.29, 1.82) is 0 Å². The van der Waals surface area contributed by atoms with Crippen LogP contribution in [0, 0.1) is 0 Å². The molecule has 0 amide bonds. The van der Waals surface area contributed by atoms with Gasteiger partial charge in [-0.05, 0) is 9.88 Å². The molecule has 0 bridgehead atoms. The van der Waals surface area contributed by atoms with E-state index < -0.39 is 14.7 Å². The normalized spacial score (nSPS) is 13.6. The van der Waals surface area contributed by atoms with Gasteiger partial charge in [-0.25, -0.2) is 0 Å². The van der Waals surface area contributed by atoms with Crippen LogP contribution in [0.5, 0.6) is 0 Å². The fourth-order valence-corrected chi connectivity index (χ4v) is 27.7. The van der Waals surface area contributed by atoms with E-state index in [1.807, 2.05) is 11.3 Å². The van der Waals surface area contributed by atoms with E-state index in [1.165, 1.54) is 0 Å². The van der Waals surface area contributed by atoms with Gasteiger partial charge < -0.3 is 0 Å². The Bertz CT molecular complexity index is 288. The molecule has 0 aliphatic rings. The maximum atomic E-state index is 2.62. The summed E-state index contributed by atoms with van der Waals surface area (Å²) in [6.07, 6.45) is 0. The number of hydrogen-bond acceptors (Lipinski definition) is 1. The summed E-state index contributed by atoms with van der Waals surface area (Å²) in [5.74, 6) is 0. The van der Waals surface area contributed by atoms with E-state index in [-0.39, 0.29) is 8.31 Å². The van der Waals surface area contributed by atoms with Gasteiger partial charge in [0.2, 0.25) is 0 Å². The summed E-state index contributed by atoms with van der Waals surface area (Å²) < 4.78 is 1.72. The minimum absolute atomic E-state index is 0.0857. The van der Waals surface area contributed by atoms with E-state index >= 15 is 0 Å². The van der Waals surface area contributed by atoms with Crippen molar-refractivity contribution in [3.63, 3.8) is 0 Å². The first-order valence-corrected chi connectivity index (χ1v) is 16.5. The molecule has 0 aromatic carbocycles. The molecule has 0 spiro atoms. The third kappa shape index (κ3) is 1.98. The summed E-state index contributed by atoms with van der Waals surface area (Å²) in [5.41, 5.74) is 0. The average molecular weight is 258 g/mol. The van der Waals surface area contributed by atoms with Crippen LogP contribution in [-0.2, 0) is 0 Å². The molecule has 1 rings (SSSR count). The highest BCUT2D eigenvalue weighted by Crippen LogP contribution is 2.23. The summed E-state index contributed by atoms with van der Waals surface area (Å²) in [6.45, 7) is 15.4. The average Bonchev–Trinajstić information content (AvgIpc) is 2.55. The maximum absolute atomic E-state index is 2.62. The van der Waals surface area contributed by atoms with Crippen molar-refractivity contribution in [2.75, 3.05) is 0 Å². The smallest absolute Gasteiger partial charge is 0.0836 e. The number of hydrogen-bond donors (Lipinski definition) is 0. The zero-order chi connectivity index (χ0) is 11.0. The largest absolute Gasteiger partial charge is 0.154 e. The van der Waals surface area contributed by atoms with Gasteiger partial charge in [0.15, 0.2) is 0 Å². The van der Waals surface area contributed by atoms with E-state index in [1.54, 1.807) is 4.50 Å². The molecule has 0 aliphatic carbocycles. The molecule has 0 N–H and O–H groups in total. The van der Waals surface area contributed by atoms with Gasteiger partial charge in [-0.15, -0.1) is 0 Å². The molecule has 1 radical (unpaired) electrons. The molecule has 0 saturated heterocycles. The Morgan fingerprint density at radius 1 is 1.14 bits per heavy atom. The summed E-state index contributed by atoms with van der Waals surface area (Å²) in [7, 11) is -2.16. The summed E-state index contributed by atoms with van der Waals surface area (Å²) in [4.78, 5) is 0. The van der Waals surface area contributed by atoms with Crippen LogP contribution in [0.4, 0.5) is 0 Å². The Balaban J connectivity index is 3.07. The van der Waals surface area contributed by atoms with Crippen molar-refractivity contribution < 1.29 is 0 Å². The molecule has 0 aliphatic heterocycles. The molecule has 0 unspecified atom stereocenters. The van der Waals surface area contributed by atoms with Crippen molar-refractivity contribution >= 4 is 38.9 Å². The highest BCUT2D eigenvalue weighted by atomic mass is 32.1. The van der Waals surface area contributed by atoms with Crippen LogP contribution in [0.2, 0.25) is 39.3 Å². The topological polar surface area (TPSA) is 0 Å². The lowest BCUT2D eigenvalue weighted by atomic mass is 10.7. The Morgan fingerprint density at radius 2 is 1.71 bits per heavy atom. The molecular weight excluding hydrogens is 236 g/mol. The molecule has 4 heteroatoms. The SMILES string of the molecule is C[Si](C)[Si](C)(C)[Si](C)(C)c1cccs1. The molecule has 14 heavy (non-hydrogen) atoms. The number of rotatable bonds is 3. The quantitative estimate of drug-likeness (QED) is 0.729. The fraction of sp³-hybridized carbons (Fsp3) is 0.600. The van der Waals surface area contributed by atoms with Crippen molar-refractivity contribution in [2.45, 2.75) is 39.3 Å². The van der Waals surface area contributed by atoms with Crippen LogP contribution in [-0.4, -0.2) is 23.0 Å². The lowest BCUT2D eigenvalue weighted by Crippen LogP contribution is -2.68. The second-order valence-electron chi connectivity index (χ2n) is 5.23. The van der Waals surface area contributed by atoms with Crippen LogP contribution in [0.15, 0.2) is 17.5 Å². The van der Waals surface area contributed by atoms with Crippen molar-refractivity contribution in [2.24, 2.45) is 0 Å². The molecule has 1 aromatic rings. The second-order valence-corrected chi connectivity index (χ2v) is 31.3. The van der Waals surface area contributed by atoms with E-state index in [0.717, 1.165) is 0 Å². The predicted octanol–water partition coefficient (Wildman–Crippen LogP) is 3.28. The predicted molar refractivity (Wildman–Crippen MR) is 76.4 cm³/mol. The summed E-state index contributed by atoms with van der Waals surface area (Å²) in [5, 5.41) is 2.24. The molecule has 0 nitrogen and oxygen atoms in total. The van der Waals surface area contributed by atoms with E-state index in [2.05, 4.69) is 56.8 Å². The van der Waals surface area contributed by atoms with Crippen molar-refractivity contribution in [1.82, 2.24) is 0 Å². The van der Waals surface area contributed by atoms with Crippen molar-refractivity contribution in [3.8, 4) is 0 Å². The molecule has 1 heterocycles. The first kappa shape index (κ1) is 12.4. The standard InChI is InChI=1S/C10H21SSi3/c1-12(2)14(5,6)13(3,4)10-8-7-9-11-10/h7-9H,1-6H3. The molecule has 0 atom stereocenters. The highest BCUT2D eigenvalue weighted by Gasteiger charge is 2.45. The molecule has 79 valence electrons. The summed E-state index contributed by atoms with van der Waals surface area (Å²) in [6, 6.07) is 4.59. The zero-order valence-corrected chi connectivity index (χ0v) is 14.0. The summed E-state index contributed by atoms with van der Waals surface area (Å²) >= 11 is 1.99. The molecule has 1 aromatic heterocycles. The molecular formula is C10H21SSi3. The lowest BCUT2D eigenvalue weighted by molar-refractivity contribution is 1.82. The highest BCUT2D eigenvalue weighted by molar-refractivity contribution is 7.68. The minimum Gasteiger partial charge on any atom is -0.154 e. The third-order valence-electron chi connectivity index (χ3n) is 3.95. The lowest BCUT2D eigenvalue weighted by Gasteiger charge is -2.40. The van der Waals surface area contributed by atoms with E-state index in [9.17, 15) is 0 Å². The van der Waals surface area contributed by atoms with Crippen LogP contribution < -0.4 is 4.50 Å². The van der Waals surface area contributed by atoms with Crippen molar-refractivity contribution in [3.05, 3.63) is 17.5 Å². The van der Waals surface area contributed by atoms with Crippen LogP contribution in [0.3, 0.4) is 0 Å². The Hall–Kier alpha value is 0.351. The zero-order valence-electron chi connectivity index (χ0n) is 10.1. The fourth-order valence-electron chi connectivity index (χ4n) is 1.57.